The van der Waals surface area contributed by atoms with Crippen LogP contribution in [0.15, 0.2) is 128 Å². The Morgan fingerprint density at radius 3 is 2.24 bits per heavy atom. The molecule has 0 atom stereocenters. The third-order valence-corrected chi connectivity index (χ3v) is 8.94. The van der Waals surface area contributed by atoms with Gasteiger partial charge in [-0.2, -0.15) is 0 Å². The summed E-state index contributed by atoms with van der Waals surface area (Å²) in [4.78, 5) is 9.22. The molecule has 0 bridgehead atoms. The maximum atomic E-state index is 8.97. The van der Waals surface area contributed by atoms with Gasteiger partial charge in [0.2, 0.25) is 11.4 Å². The van der Waals surface area contributed by atoms with Crippen molar-refractivity contribution in [3.8, 4) is 17.3 Å². The molecule has 0 radical (unpaired) electrons. The van der Waals surface area contributed by atoms with Crippen molar-refractivity contribution in [2.75, 3.05) is 0 Å². The van der Waals surface area contributed by atoms with Crippen molar-refractivity contribution in [2.45, 2.75) is 52.4 Å². The Bertz CT molecular complexity index is 2710. The summed E-state index contributed by atoms with van der Waals surface area (Å²) >= 11 is 0. The van der Waals surface area contributed by atoms with E-state index in [2.05, 4.69) is 75.3 Å². The van der Waals surface area contributed by atoms with E-state index in [1.54, 1.807) is 15.3 Å². The van der Waals surface area contributed by atoms with E-state index < -0.39 is 0 Å². The van der Waals surface area contributed by atoms with Gasteiger partial charge in [-0.25, -0.2) is 4.98 Å². The summed E-state index contributed by atoms with van der Waals surface area (Å²) in [6.07, 6.45) is 5.52. The van der Waals surface area contributed by atoms with Crippen LogP contribution in [0.4, 0.5) is 22.7 Å². The van der Waals surface area contributed by atoms with Crippen LogP contribution < -0.4 is 13.9 Å². The minimum atomic E-state index is -0.305. The quantitative estimate of drug-likeness (QED) is 0.175. The molecule has 0 amide bonds. The number of rotatable bonds is 5. The molecule has 1 aliphatic heterocycles. The van der Waals surface area contributed by atoms with Crippen LogP contribution in [-0.2, 0) is 10.8 Å². The van der Waals surface area contributed by atoms with Gasteiger partial charge in [-0.1, -0.05) is 77.9 Å². The van der Waals surface area contributed by atoms with Gasteiger partial charge in [-0.15, -0.1) is 0 Å². The zero-order chi connectivity index (χ0) is 37.4. The molecule has 0 aliphatic carbocycles. The zero-order valence-electron chi connectivity index (χ0n) is 32.5. The standard InChI is InChI=1S/C43H39N5O/c1-42(2,3)29-20-23-45-41(24-29)48-39-26-32(18-19-33(39)34-21-22-44-27-40(34)48)49-31-13-11-12-30(25-31)46-28-47(38-17-10-9-16-37(38)46)36-15-8-7-14-35(36)43(4,5)6/h7-27H,1-6H3/q+2/i9D,10D,16D,17D. The number of hydrogen-bond donors (Lipinski definition) is 0. The molecule has 8 rings (SSSR count). The molecule has 49 heavy (non-hydrogen) atoms. The molecule has 0 fully saturated rings. The molecular weight excluding hydrogens is 603 g/mol. The maximum absolute atomic E-state index is 8.97. The van der Waals surface area contributed by atoms with E-state index in [4.69, 9.17) is 15.2 Å². The van der Waals surface area contributed by atoms with Gasteiger partial charge in [0.1, 0.15) is 17.3 Å². The van der Waals surface area contributed by atoms with E-state index in [-0.39, 0.29) is 35.0 Å². The van der Waals surface area contributed by atoms with Gasteiger partial charge >= 0.3 is 6.01 Å². The van der Waals surface area contributed by atoms with Crippen molar-refractivity contribution < 1.29 is 10.2 Å². The van der Waals surface area contributed by atoms with Crippen molar-refractivity contribution >= 4 is 50.6 Å². The number of benzene rings is 4. The fourth-order valence-electron chi connectivity index (χ4n) is 6.47. The normalized spacial score (nSPS) is 14.2. The van der Waals surface area contributed by atoms with Gasteiger partial charge in [-0.3, -0.25) is 9.55 Å². The second kappa shape index (κ2) is 11.4. The molecular formula is C43H39N5O+2. The highest BCUT2D eigenvalue weighted by atomic mass is 16.5. The zero-order valence-corrected chi connectivity index (χ0v) is 28.5. The fourth-order valence-corrected chi connectivity index (χ4v) is 6.47. The van der Waals surface area contributed by atoms with Gasteiger partial charge in [-0.05, 0) is 61.9 Å². The molecule has 1 aliphatic rings. The molecule has 0 saturated heterocycles. The van der Waals surface area contributed by atoms with E-state index in [1.807, 2.05) is 79.1 Å². The largest absolute Gasteiger partial charge is 0.503 e. The van der Waals surface area contributed by atoms with Crippen LogP contribution in [0.1, 0.15) is 58.2 Å². The van der Waals surface area contributed by atoms with Gasteiger partial charge in [0.05, 0.1) is 28.8 Å². The molecule has 0 spiro atoms. The van der Waals surface area contributed by atoms with Gasteiger partial charge in [0, 0.05) is 59.0 Å². The molecule has 4 heterocycles. The molecule has 0 saturated carbocycles. The summed E-state index contributed by atoms with van der Waals surface area (Å²) in [6.45, 7) is 12.9. The van der Waals surface area contributed by atoms with Gasteiger partial charge < -0.3 is 4.74 Å². The Morgan fingerprint density at radius 1 is 0.694 bits per heavy atom. The predicted molar refractivity (Wildman–Crippen MR) is 201 cm³/mol. The molecule has 0 unspecified atom stereocenters. The van der Waals surface area contributed by atoms with E-state index >= 15 is 0 Å². The van der Waals surface area contributed by atoms with Crippen LogP contribution in [0.25, 0.3) is 27.6 Å². The number of fused-ring (bicyclic) bond motifs is 4. The van der Waals surface area contributed by atoms with Crippen molar-refractivity contribution in [1.82, 2.24) is 23.7 Å². The lowest BCUT2D eigenvalue weighted by atomic mass is 9.85. The SMILES string of the molecule is [2H]c1c([2H])c([2H])c2c(c1[2H])[N+](c1cccc(Oc3ccc4c5ccncc5n(-c5cc(C(C)(C)C)ccn5)c4c3)c1)=C=[N+]2c1ccccc1C(C)(C)C. The van der Waals surface area contributed by atoms with E-state index in [1.165, 1.54) is 5.56 Å². The smallest absolute Gasteiger partial charge is 0.457 e. The Balaban J connectivity index is 1.26. The van der Waals surface area contributed by atoms with Crippen molar-refractivity contribution in [3.05, 3.63) is 139 Å². The van der Waals surface area contributed by atoms with Crippen LogP contribution in [0, 0.1) is 0 Å². The lowest BCUT2D eigenvalue weighted by molar-refractivity contribution is 0.483. The molecule has 0 N–H and O–H groups in total. The minimum absolute atomic E-state index is 0.0552. The highest BCUT2D eigenvalue weighted by molar-refractivity contribution is 6.09. The van der Waals surface area contributed by atoms with Crippen molar-refractivity contribution in [1.29, 1.82) is 0 Å². The van der Waals surface area contributed by atoms with E-state index in [0.717, 1.165) is 38.9 Å². The van der Waals surface area contributed by atoms with Crippen LogP contribution in [0.2, 0.25) is 0 Å². The topological polar surface area (TPSA) is 46.0 Å². The highest BCUT2D eigenvalue weighted by Gasteiger charge is 2.38. The third-order valence-electron chi connectivity index (χ3n) is 8.94. The summed E-state index contributed by atoms with van der Waals surface area (Å²) in [5, 5.41) is 2.11. The molecule has 3 aromatic heterocycles. The highest BCUT2D eigenvalue weighted by Crippen LogP contribution is 2.40. The first-order valence-electron chi connectivity index (χ1n) is 18.4. The first kappa shape index (κ1) is 26.2. The number of aromatic nitrogens is 3. The molecule has 6 heteroatoms. The van der Waals surface area contributed by atoms with Crippen LogP contribution in [0.3, 0.4) is 0 Å². The Hall–Kier alpha value is -5.84. The molecule has 7 aromatic rings. The third kappa shape index (κ3) is 5.41. The second-order valence-corrected chi connectivity index (χ2v) is 14.4. The van der Waals surface area contributed by atoms with E-state index in [9.17, 15) is 0 Å². The summed E-state index contributed by atoms with van der Waals surface area (Å²) in [5.41, 5.74) is 5.87. The van der Waals surface area contributed by atoms with E-state index in [0.29, 0.717) is 28.6 Å². The number of para-hydroxylation sites is 3. The predicted octanol–water partition coefficient (Wildman–Crippen LogP) is 10.8. The molecule has 6 nitrogen and oxygen atoms in total. The molecule has 240 valence electrons. The fraction of sp³-hybridized carbons (Fsp3) is 0.186. The Labute approximate surface area is 292 Å². The summed E-state index contributed by atoms with van der Waals surface area (Å²) in [7, 11) is 0. The maximum Gasteiger partial charge on any atom is 0.503 e. The summed E-state index contributed by atoms with van der Waals surface area (Å²) in [6, 6.07) is 30.1. The lowest BCUT2D eigenvalue weighted by Crippen LogP contribution is -2.15. The number of ether oxygens (including phenoxy) is 1. The second-order valence-electron chi connectivity index (χ2n) is 14.4. The van der Waals surface area contributed by atoms with Crippen LogP contribution in [-0.4, -0.2) is 20.5 Å². The average molecular weight is 646 g/mol. The van der Waals surface area contributed by atoms with Gasteiger partial charge in [0.15, 0.2) is 0 Å². The number of nitrogens with zero attached hydrogens (tertiary/aromatic N) is 5. The van der Waals surface area contributed by atoms with Crippen LogP contribution >= 0.6 is 0 Å². The average Bonchev–Trinajstić information content (AvgIpc) is 3.69. The Morgan fingerprint density at radius 2 is 1.45 bits per heavy atom. The number of pyridine rings is 2. The lowest BCUT2D eigenvalue weighted by Gasteiger charge is -2.20. The number of hydrogen-bond acceptors (Lipinski definition) is 3. The van der Waals surface area contributed by atoms with Crippen molar-refractivity contribution in [3.63, 3.8) is 0 Å². The van der Waals surface area contributed by atoms with Crippen LogP contribution in [0.5, 0.6) is 11.5 Å². The first-order valence-corrected chi connectivity index (χ1v) is 16.4. The Kier molecular flexibility index (Phi) is 6.08. The van der Waals surface area contributed by atoms with Crippen molar-refractivity contribution in [2.24, 2.45) is 0 Å². The van der Waals surface area contributed by atoms with Gasteiger partial charge in [0.25, 0.3) is 11.4 Å². The summed E-state index contributed by atoms with van der Waals surface area (Å²) in [5.74, 6) is 1.97. The molecule has 4 aromatic carbocycles. The first-order chi connectivity index (χ1) is 25.2. The summed E-state index contributed by atoms with van der Waals surface area (Å²) < 4.78 is 47.1. The minimum Gasteiger partial charge on any atom is -0.457 e. The monoisotopic (exact) mass is 645 g/mol.